The third kappa shape index (κ3) is 6.89. The van der Waals surface area contributed by atoms with Gasteiger partial charge in [0, 0.05) is 62.0 Å². The van der Waals surface area contributed by atoms with Crippen molar-refractivity contribution < 1.29 is 18.0 Å². The van der Waals surface area contributed by atoms with Gasteiger partial charge >= 0.3 is 12.2 Å². The van der Waals surface area contributed by atoms with Crippen LogP contribution in [0.5, 0.6) is 0 Å². The van der Waals surface area contributed by atoms with Crippen molar-refractivity contribution >= 4 is 53.2 Å². The van der Waals surface area contributed by atoms with E-state index in [-0.39, 0.29) is 0 Å². The summed E-state index contributed by atoms with van der Waals surface area (Å²) >= 11 is 2.24. The molecule has 4 heterocycles. The number of imidazole rings is 1. The number of urea groups is 1. The first-order valence-corrected chi connectivity index (χ1v) is 13.3. The number of rotatable bonds is 3. The second-order valence-corrected chi connectivity index (χ2v) is 8.33. The summed E-state index contributed by atoms with van der Waals surface area (Å²) in [5, 5.41) is 1.87. The van der Waals surface area contributed by atoms with E-state index < -0.39 is 18.8 Å². The van der Waals surface area contributed by atoms with E-state index in [1.807, 2.05) is 52.9 Å². The van der Waals surface area contributed by atoms with Crippen molar-refractivity contribution in [2.24, 2.45) is 5.92 Å². The fourth-order valence-electron chi connectivity index (χ4n) is 3.13. The van der Waals surface area contributed by atoms with E-state index in [4.69, 9.17) is 0 Å². The van der Waals surface area contributed by atoms with Crippen LogP contribution in [0.1, 0.15) is 33.6 Å². The van der Waals surface area contributed by atoms with E-state index >= 15 is 0 Å². The third-order valence-corrected chi connectivity index (χ3v) is 6.42. The Kier molecular flexibility index (Phi) is 9.72. The van der Waals surface area contributed by atoms with E-state index in [0.29, 0.717) is 19.0 Å². The van der Waals surface area contributed by atoms with Crippen LogP contribution in [0.3, 0.4) is 0 Å². The maximum atomic E-state index is 11.8. The standard InChI is InChI=1S/C9H15F3N2O.C8H5IN4S.C2H6/c1-2-7-3-4-14(5-7)8(15)13-6-9(10,11)12;9-14-13-3-1-6-8(13)11-5-7-10-2-4-12(6)7;1-2/h7H,2-6H2,1H3,(H,13,15);1-5H;1-2H3/t7-;;/m0../s1. The average Bonchev–Trinajstić information content (AvgIpc) is 3.51. The first-order valence-electron chi connectivity index (χ1n) is 10.00. The second kappa shape index (κ2) is 11.8. The van der Waals surface area contributed by atoms with Crippen LogP contribution in [0.2, 0.25) is 0 Å². The third-order valence-electron chi connectivity index (χ3n) is 4.70. The molecule has 172 valence electrons. The van der Waals surface area contributed by atoms with Crippen molar-refractivity contribution in [3.05, 3.63) is 30.9 Å². The van der Waals surface area contributed by atoms with Crippen molar-refractivity contribution in [1.82, 2.24) is 28.6 Å². The molecule has 1 saturated heterocycles. The number of halogens is 4. The number of alkyl halides is 3. The number of likely N-dealkylation sites (tertiary alicyclic amines) is 1. The fraction of sp³-hybridized carbons (Fsp3) is 0.526. The smallest absolute Gasteiger partial charge is 0.329 e. The average molecular weight is 570 g/mol. The predicted octanol–water partition coefficient (Wildman–Crippen LogP) is 5.55. The molecule has 0 aromatic carbocycles. The van der Waals surface area contributed by atoms with Crippen LogP contribution in [0.25, 0.3) is 16.8 Å². The van der Waals surface area contributed by atoms with Crippen LogP contribution < -0.4 is 5.32 Å². The molecule has 1 N–H and O–H groups in total. The Bertz CT molecular complexity index is 977. The summed E-state index contributed by atoms with van der Waals surface area (Å²) in [6.07, 6.45) is 5.03. The highest BCUT2D eigenvalue weighted by molar-refractivity contribution is 14.2. The SMILES string of the molecule is CC.CC[C@H]1CCN(C(=O)NCC(F)(F)F)C1.ISn1ccc2c1ncc1nccn12. The van der Waals surface area contributed by atoms with Gasteiger partial charge in [-0.1, -0.05) is 27.2 Å². The van der Waals surface area contributed by atoms with E-state index in [2.05, 4.69) is 31.2 Å². The van der Waals surface area contributed by atoms with Gasteiger partial charge in [0.15, 0.2) is 11.3 Å². The molecule has 1 fully saturated rings. The van der Waals surface area contributed by atoms with Gasteiger partial charge in [-0.2, -0.15) is 13.2 Å². The van der Waals surface area contributed by atoms with Crippen LogP contribution in [-0.2, 0) is 0 Å². The molecule has 1 atom stereocenters. The molecule has 0 aliphatic carbocycles. The van der Waals surface area contributed by atoms with Gasteiger partial charge in [-0.05, 0) is 18.4 Å². The Morgan fingerprint density at radius 3 is 2.68 bits per heavy atom. The van der Waals surface area contributed by atoms with Crippen molar-refractivity contribution in [2.75, 3.05) is 19.6 Å². The molecule has 1 aliphatic rings. The Morgan fingerprint density at radius 2 is 2.06 bits per heavy atom. The number of carbonyl (C=O) groups excluding carboxylic acids is 1. The van der Waals surface area contributed by atoms with Gasteiger partial charge < -0.3 is 10.2 Å². The topological polar surface area (TPSA) is 67.5 Å². The molecule has 4 rings (SSSR count). The van der Waals surface area contributed by atoms with Gasteiger partial charge in [0.2, 0.25) is 0 Å². The Hall–Kier alpha value is -1.70. The minimum absolute atomic E-state index is 0.432. The quantitative estimate of drug-likeness (QED) is 0.420. The summed E-state index contributed by atoms with van der Waals surface area (Å²) in [7, 11) is 1.61. The molecule has 0 saturated carbocycles. The lowest BCUT2D eigenvalue weighted by Crippen LogP contribution is -2.42. The van der Waals surface area contributed by atoms with Crippen molar-refractivity contribution in [3.8, 4) is 0 Å². The zero-order valence-electron chi connectivity index (χ0n) is 17.6. The Labute approximate surface area is 195 Å². The lowest BCUT2D eigenvalue weighted by atomic mass is 10.1. The summed E-state index contributed by atoms with van der Waals surface area (Å²) in [5.41, 5.74) is 2.94. The molecule has 0 unspecified atom stereocenters. The first-order chi connectivity index (χ1) is 14.8. The minimum Gasteiger partial charge on any atom is -0.329 e. The number of nitrogens with zero attached hydrogens (tertiary/aromatic N) is 5. The zero-order chi connectivity index (χ0) is 23.0. The molecule has 2 amide bonds. The number of carbonyl (C=O) groups is 1. The molecule has 7 nitrogen and oxygen atoms in total. The lowest BCUT2D eigenvalue weighted by molar-refractivity contribution is -0.123. The Morgan fingerprint density at radius 1 is 1.32 bits per heavy atom. The highest BCUT2D eigenvalue weighted by atomic mass is 127. The number of nitrogens with one attached hydrogen (secondary N) is 1. The molecule has 0 radical (unpaired) electrons. The van der Waals surface area contributed by atoms with Crippen molar-refractivity contribution in [3.63, 3.8) is 0 Å². The van der Waals surface area contributed by atoms with Crippen LogP contribution in [0.15, 0.2) is 30.9 Å². The van der Waals surface area contributed by atoms with Crippen LogP contribution in [0.4, 0.5) is 18.0 Å². The summed E-state index contributed by atoms with van der Waals surface area (Å²) in [4.78, 5) is 21.3. The summed E-state index contributed by atoms with van der Waals surface area (Å²) < 4.78 is 39.5. The van der Waals surface area contributed by atoms with Gasteiger partial charge in [0.25, 0.3) is 0 Å². The molecule has 0 bridgehead atoms. The van der Waals surface area contributed by atoms with Crippen LogP contribution >= 0.6 is 30.3 Å². The summed E-state index contributed by atoms with van der Waals surface area (Å²) in [6.45, 7) is 5.89. The van der Waals surface area contributed by atoms with Gasteiger partial charge in [0.05, 0.1) is 11.7 Å². The number of fused-ring (bicyclic) bond motifs is 3. The van der Waals surface area contributed by atoms with Crippen molar-refractivity contribution in [1.29, 1.82) is 0 Å². The predicted molar refractivity (Wildman–Crippen MR) is 126 cm³/mol. The fourth-order valence-corrected chi connectivity index (χ4v) is 4.40. The van der Waals surface area contributed by atoms with E-state index in [1.54, 1.807) is 21.5 Å². The number of aromatic nitrogens is 4. The Balaban J connectivity index is 0.000000204. The molecular formula is C19H26F3IN6OS. The molecule has 3 aromatic rings. The van der Waals surface area contributed by atoms with E-state index in [9.17, 15) is 18.0 Å². The summed E-state index contributed by atoms with van der Waals surface area (Å²) in [6, 6.07) is 1.44. The zero-order valence-corrected chi connectivity index (χ0v) is 20.5. The van der Waals surface area contributed by atoms with Crippen LogP contribution in [-0.4, -0.2) is 55.1 Å². The van der Waals surface area contributed by atoms with Gasteiger partial charge in [-0.25, -0.2) is 14.8 Å². The summed E-state index contributed by atoms with van der Waals surface area (Å²) in [5.74, 6) is 0.432. The molecule has 31 heavy (non-hydrogen) atoms. The largest absolute Gasteiger partial charge is 0.405 e. The highest BCUT2D eigenvalue weighted by Crippen LogP contribution is 2.23. The van der Waals surface area contributed by atoms with Gasteiger partial charge in [-0.3, -0.25) is 8.37 Å². The maximum Gasteiger partial charge on any atom is 0.405 e. The lowest BCUT2D eigenvalue weighted by Gasteiger charge is -2.17. The maximum absolute atomic E-state index is 11.8. The number of amides is 2. The van der Waals surface area contributed by atoms with Crippen molar-refractivity contribution in [2.45, 2.75) is 39.8 Å². The normalized spacial score (nSPS) is 16.0. The number of hydrogen-bond donors (Lipinski definition) is 1. The number of hydrogen-bond acceptors (Lipinski definition) is 4. The second-order valence-electron chi connectivity index (χ2n) is 6.62. The molecule has 0 spiro atoms. The van der Waals surface area contributed by atoms with Gasteiger partial charge in [-0.15, -0.1) is 0 Å². The van der Waals surface area contributed by atoms with Gasteiger partial charge in [0.1, 0.15) is 6.54 Å². The molecule has 3 aromatic heterocycles. The minimum atomic E-state index is -4.33. The van der Waals surface area contributed by atoms with E-state index in [1.165, 1.54) is 4.90 Å². The molecular weight excluding hydrogens is 544 g/mol. The molecule has 1 aliphatic heterocycles. The highest BCUT2D eigenvalue weighted by Gasteiger charge is 2.30. The van der Waals surface area contributed by atoms with E-state index in [0.717, 1.165) is 29.7 Å². The molecule has 12 heteroatoms. The van der Waals surface area contributed by atoms with Crippen LogP contribution in [0, 0.1) is 5.92 Å². The monoisotopic (exact) mass is 570 g/mol. The first kappa shape index (κ1) is 25.6.